The molecule has 0 atom stereocenters. The monoisotopic (exact) mass is 516 g/mol. The molecule has 0 fully saturated rings. The van der Waals surface area contributed by atoms with Crippen LogP contribution in [0.2, 0.25) is 40.3 Å². The average Bonchev–Trinajstić information content (AvgIpc) is 2.52. The second-order valence-corrected chi connectivity index (χ2v) is 8.59. The van der Waals surface area contributed by atoms with Crippen molar-refractivity contribution in [2.24, 2.45) is 0 Å². The number of pyridine rings is 1. The fourth-order valence-electron chi connectivity index (χ4n) is 2.57. The van der Waals surface area contributed by atoms with E-state index in [1.54, 1.807) is 30.3 Å². The molecule has 1 heterocycles. The number of halogens is 8. The predicted molar refractivity (Wildman–Crippen MR) is 118 cm³/mol. The van der Waals surface area contributed by atoms with Crippen LogP contribution in [0.5, 0.6) is 0 Å². The molecule has 0 saturated heterocycles. The van der Waals surface area contributed by atoms with E-state index >= 15 is 0 Å². The number of benzene rings is 2. The summed E-state index contributed by atoms with van der Waals surface area (Å²) in [5.74, 6) is 0.413. The Morgan fingerprint density at radius 1 is 0.556 bits per heavy atom. The van der Waals surface area contributed by atoms with E-state index in [1.165, 1.54) is 6.20 Å². The van der Waals surface area contributed by atoms with Gasteiger partial charge in [-0.25, -0.2) is 4.98 Å². The van der Waals surface area contributed by atoms with Gasteiger partial charge in [0.2, 0.25) is 0 Å². The highest BCUT2D eigenvalue weighted by Gasteiger charge is 2.31. The number of aromatic nitrogens is 1. The van der Waals surface area contributed by atoms with Crippen molar-refractivity contribution >= 4 is 92.8 Å². The highest BCUT2D eigenvalue weighted by Crippen LogP contribution is 2.48. The third kappa shape index (κ3) is 4.42. The zero-order valence-corrected chi connectivity index (χ0v) is 19.0. The van der Waals surface area contributed by atoms with Crippen molar-refractivity contribution in [2.45, 2.75) is 0 Å². The highest BCUT2D eigenvalue weighted by atomic mass is 35.5. The zero-order valence-electron chi connectivity index (χ0n) is 12.9. The second-order valence-electron chi connectivity index (χ2n) is 5.32. The van der Waals surface area contributed by atoms with E-state index in [0.29, 0.717) is 37.7 Å². The van der Waals surface area contributed by atoms with Gasteiger partial charge in [0.25, 0.3) is 0 Å². The second kappa shape index (κ2) is 8.73. The van der Waals surface area contributed by atoms with E-state index in [2.05, 4.69) is 4.98 Å². The largest absolute Gasteiger partial charge is 0.244 e. The molecule has 1 aromatic heterocycles. The van der Waals surface area contributed by atoms with Crippen LogP contribution in [0.15, 0.2) is 36.5 Å². The van der Waals surface area contributed by atoms with Crippen molar-refractivity contribution in [1.29, 1.82) is 0 Å². The molecule has 3 rings (SSSR count). The molecular formula is C18H6Cl8N. The molecule has 1 nitrogen and oxygen atoms in total. The van der Waals surface area contributed by atoms with Crippen molar-refractivity contribution in [3.8, 4) is 0 Å². The van der Waals surface area contributed by atoms with Crippen molar-refractivity contribution in [2.75, 3.05) is 0 Å². The molecule has 0 bridgehead atoms. The van der Waals surface area contributed by atoms with Crippen LogP contribution in [0.25, 0.3) is 0 Å². The summed E-state index contributed by atoms with van der Waals surface area (Å²) in [4.78, 5) is 4.10. The molecule has 0 saturated carbocycles. The Hall–Kier alpha value is -0.0900. The summed E-state index contributed by atoms with van der Waals surface area (Å²) in [6, 6.07) is 7.75. The first-order chi connectivity index (χ1) is 12.7. The minimum atomic E-state index is 0.127. The SMILES string of the molecule is Clc1cc(Cl)c([C](c2c(Cl)cc(Cl)cc2Cl)c2c(Cl)ccnc2Cl)c(Cl)c1. The van der Waals surface area contributed by atoms with Gasteiger partial charge < -0.3 is 0 Å². The number of hydrogen-bond acceptors (Lipinski definition) is 1. The molecule has 0 aliphatic heterocycles. The minimum absolute atomic E-state index is 0.127. The number of hydrogen-bond donors (Lipinski definition) is 0. The van der Waals surface area contributed by atoms with Crippen LogP contribution < -0.4 is 0 Å². The van der Waals surface area contributed by atoms with Crippen LogP contribution in [0.3, 0.4) is 0 Å². The summed E-state index contributed by atoms with van der Waals surface area (Å²) in [6.07, 6.45) is 1.47. The maximum absolute atomic E-state index is 6.46. The van der Waals surface area contributed by atoms with Crippen molar-refractivity contribution in [1.82, 2.24) is 4.98 Å². The van der Waals surface area contributed by atoms with Gasteiger partial charge >= 0.3 is 0 Å². The van der Waals surface area contributed by atoms with E-state index in [1.807, 2.05) is 0 Å². The van der Waals surface area contributed by atoms with Gasteiger partial charge in [0, 0.05) is 58.0 Å². The smallest absolute Gasteiger partial charge is 0.135 e. The minimum Gasteiger partial charge on any atom is -0.244 e. The topological polar surface area (TPSA) is 12.9 Å². The van der Waals surface area contributed by atoms with Crippen LogP contribution >= 0.6 is 92.8 Å². The normalized spacial score (nSPS) is 11.3. The summed E-state index contributed by atoms with van der Waals surface area (Å²) in [5, 5.41) is 2.23. The van der Waals surface area contributed by atoms with Crippen LogP contribution in [0, 0.1) is 5.92 Å². The van der Waals surface area contributed by atoms with Crippen molar-refractivity contribution in [3.05, 3.63) is 99.4 Å². The van der Waals surface area contributed by atoms with Crippen LogP contribution in [-0.2, 0) is 0 Å². The van der Waals surface area contributed by atoms with E-state index < -0.39 is 0 Å². The Balaban J connectivity index is 2.44. The Bertz CT molecular complexity index is 910. The maximum atomic E-state index is 6.46. The lowest BCUT2D eigenvalue weighted by atomic mass is 9.85. The number of nitrogens with zero attached hydrogens (tertiary/aromatic N) is 1. The van der Waals surface area contributed by atoms with Gasteiger partial charge in [0.15, 0.2) is 0 Å². The average molecular weight is 520 g/mol. The van der Waals surface area contributed by atoms with Gasteiger partial charge in [-0.05, 0) is 30.3 Å². The Morgan fingerprint density at radius 3 is 1.33 bits per heavy atom. The Kier molecular flexibility index (Phi) is 6.99. The Labute approximate surface area is 196 Å². The van der Waals surface area contributed by atoms with E-state index in [-0.39, 0.29) is 25.2 Å². The van der Waals surface area contributed by atoms with Gasteiger partial charge in [-0.1, -0.05) is 92.8 Å². The molecule has 0 amide bonds. The van der Waals surface area contributed by atoms with Gasteiger partial charge in [-0.2, -0.15) is 0 Å². The summed E-state index contributed by atoms with van der Waals surface area (Å²) < 4.78 is 0. The summed E-state index contributed by atoms with van der Waals surface area (Å²) >= 11 is 50.7. The molecule has 2 aromatic carbocycles. The lowest BCUT2D eigenvalue weighted by molar-refractivity contribution is 1.18. The Morgan fingerprint density at radius 2 is 0.963 bits per heavy atom. The molecule has 0 unspecified atom stereocenters. The quantitative estimate of drug-likeness (QED) is 0.314. The molecule has 27 heavy (non-hydrogen) atoms. The third-order valence-electron chi connectivity index (χ3n) is 3.62. The van der Waals surface area contributed by atoms with E-state index in [4.69, 9.17) is 92.8 Å². The first kappa shape index (κ1) is 21.6. The molecule has 1 radical (unpaired) electrons. The highest BCUT2D eigenvalue weighted by molar-refractivity contribution is 6.42. The molecule has 9 heteroatoms. The standard InChI is InChI=1S/C18H6Cl8N/c19-7-3-10(22)14(11(23)4-7)17(16-9(21)1-2-27-18(16)26)15-12(24)5-8(20)6-13(15)25/h1-6H. The van der Waals surface area contributed by atoms with E-state index in [0.717, 1.165) is 0 Å². The predicted octanol–water partition coefficient (Wildman–Crippen LogP) is 9.33. The summed E-state index contributed by atoms with van der Waals surface area (Å²) in [6.45, 7) is 0. The summed E-state index contributed by atoms with van der Waals surface area (Å²) in [5.41, 5.74) is 1.19. The third-order valence-corrected chi connectivity index (χ3v) is 5.85. The van der Waals surface area contributed by atoms with Crippen molar-refractivity contribution in [3.63, 3.8) is 0 Å². The first-order valence-corrected chi connectivity index (χ1v) is 10.2. The molecule has 3 aromatic rings. The fraction of sp³-hybridized carbons (Fsp3) is 0. The van der Waals surface area contributed by atoms with Crippen LogP contribution in [-0.4, -0.2) is 4.98 Å². The molecule has 0 aliphatic carbocycles. The van der Waals surface area contributed by atoms with Crippen LogP contribution in [0.4, 0.5) is 0 Å². The van der Waals surface area contributed by atoms with Crippen molar-refractivity contribution < 1.29 is 0 Å². The molecule has 0 aliphatic rings. The number of rotatable bonds is 3. The maximum Gasteiger partial charge on any atom is 0.135 e. The molecule has 0 N–H and O–H groups in total. The molecule has 139 valence electrons. The zero-order chi connectivity index (χ0) is 19.9. The lowest BCUT2D eigenvalue weighted by Gasteiger charge is -2.24. The van der Waals surface area contributed by atoms with Crippen LogP contribution in [0.1, 0.15) is 16.7 Å². The fourth-order valence-corrected chi connectivity index (χ4v) is 5.13. The van der Waals surface area contributed by atoms with Gasteiger partial charge in [-0.3, -0.25) is 0 Å². The summed E-state index contributed by atoms with van der Waals surface area (Å²) in [7, 11) is 0. The van der Waals surface area contributed by atoms with Gasteiger partial charge in [0.05, 0.1) is 5.92 Å². The van der Waals surface area contributed by atoms with Gasteiger partial charge in [0.1, 0.15) is 5.15 Å². The molecule has 0 spiro atoms. The lowest BCUT2D eigenvalue weighted by Crippen LogP contribution is -2.10. The molecular weight excluding hydrogens is 514 g/mol. The first-order valence-electron chi connectivity index (χ1n) is 7.18. The van der Waals surface area contributed by atoms with Gasteiger partial charge in [-0.15, -0.1) is 0 Å². The van der Waals surface area contributed by atoms with E-state index in [9.17, 15) is 0 Å².